The van der Waals surface area contributed by atoms with E-state index in [2.05, 4.69) is 164 Å². The molecule has 6 aromatic rings. The highest BCUT2D eigenvalue weighted by molar-refractivity contribution is 7.97. The van der Waals surface area contributed by atoms with Gasteiger partial charge in [-0.25, -0.2) is 0 Å². The van der Waals surface area contributed by atoms with Crippen molar-refractivity contribution in [2.45, 2.75) is 6.92 Å². The molecule has 0 saturated carbocycles. The van der Waals surface area contributed by atoms with Crippen LogP contribution in [0.5, 0.6) is 0 Å². The molecule has 1 nitrogen and oxygen atoms in total. The fourth-order valence-electron chi connectivity index (χ4n) is 5.98. The van der Waals surface area contributed by atoms with Crippen molar-refractivity contribution in [3.05, 3.63) is 157 Å². The van der Waals surface area contributed by atoms with Crippen LogP contribution in [-0.4, -0.2) is 5.80 Å². The monoisotopic (exact) mass is 537 g/mol. The smallest absolute Gasteiger partial charge is 0.0539 e. The van der Waals surface area contributed by atoms with Crippen LogP contribution in [-0.2, 0) is 0 Å². The van der Waals surface area contributed by atoms with Gasteiger partial charge in [0.2, 0.25) is 0 Å². The van der Waals surface area contributed by atoms with Crippen molar-refractivity contribution < 1.29 is 0 Å². The van der Waals surface area contributed by atoms with Gasteiger partial charge in [-0.1, -0.05) is 146 Å². The van der Waals surface area contributed by atoms with Gasteiger partial charge in [-0.2, -0.15) is 0 Å². The van der Waals surface area contributed by atoms with Crippen LogP contribution in [0.25, 0.3) is 21.5 Å². The minimum atomic E-state index is -2.35. The number of nitrogens with zero attached hydrogens (tertiary/aromatic N) is 1. The van der Waals surface area contributed by atoms with Crippen LogP contribution in [0, 0.1) is 0 Å². The normalized spacial score (nSPS) is 20.7. The number of hydrogen-bond donors (Lipinski definition) is 0. The summed E-state index contributed by atoms with van der Waals surface area (Å²) in [6, 6.07) is 53.1. The number of allylic oxidation sites excluding steroid dienone is 1. The third-order valence-electron chi connectivity index (χ3n) is 7.63. The summed E-state index contributed by atoms with van der Waals surface area (Å²) < 4.78 is 6.27. The number of fused-ring (bicyclic) bond motifs is 2. The molecule has 0 saturated heterocycles. The Balaban J connectivity index is 1.71. The Morgan fingerprint density at radius 3 is 1.59 bits per heavy atom. The summed E-state index contributed by atoms with van der Waals surface area (Å²) in [7, 11) is -4.69. The van der Waals surface area contributed by atoms with Crippen molar-refractivity contribution in [3.8, 4) is 0 Å². The number of hydrogen-bond acceptors (Lipinski definition) is 1. The van der Waals surface area contributed by atoms with E-state index in [1.807, 2.05) is 0 Å². The Bertz CT molecular complexity index is 1850. The van der Waals surface area contributed by atoms with E-state index in [1.165, 1.54) is 48.3 Å². The average Bonchev–Trinajstić information content (AvgIpc) is 3.01. The van der Waals surface area contributed by atoms with Gasteiger partial charge in [0.15, 0.2) is 0 Å². The lowest BCUT2D eigenvalue weighted by Crippen LogP contribution is -2.23. The first-order valence-corrected chi connectivity index (χ1v) is 17.0. The van der Waals surface area contributed by atoms with Gasteiger partial charge in [-0.3, -0.25) is 4.52 Å². The quantitative estimate of drug-likeness (QED) is 0.200. The topological polar surface area (TPSA) is 12.4 Å². The largest absolute Gasteiger partial charge is 0.260 e. The lowest BCUT2D eigenvalue weighted by atomic mass is 10.1. The maximum absolute atomic E-state index is 6.27. The first-order chi connectivity index (χ1) is 19.2. The van der Waals surface area contributed by atoms with Gasteiger partial charge in [0.05, 0.1) is 14.1 Å². The molecule has 6 aromatic carbocycles. The van der Waals surface area contributed by atoms with Crippen molar-refractivity contribution in [1.29, 1.82) is 0 Å². The Labute approximate surface area is 230 Å². The molecule has 0 N–H and O–H groups in total. The molecule has 0 bridgehead atoms. The third-order valence-corrected chi connectivity index (χ3v) is 15.9. The lowest BCUT2D eigenvalue weighted by Gasteiger charge is -2.35. The van der Waals surface area contributed by atoms with Gasteiger partial charge >= 0.3 is 0 Å². The van der Waals surface area contributed by atoms with Crippen molar-refractivity contribution in [1.82, 2.24) is 0 Å². The van der Waals surface area contributed by atoms with Crippen LogP contribution in [0.4, 0.5) is 0 Å². The Morgan fingerprint density at radius 1 is 0.462 bits per heavy atom. The number of benzene rings is 6. The fraction of sp³-hybridized carbons (Fsp3) is 0.0278. The Morgan fingerprint density at radius 2 is 0.949 bits per heavy atom. The zero-order valence-electron chi connectivity index (χ0n) is 21.9. The van der Waals surface area contributed by atoms with Crippen LogP contribution >= 0.6 is 14.1 Å². The highest BCUT2D eigenvalue weighted by Crippen LogP contribution is 2.65. The van der Waals surface area contributed by atoms with Gasteiger partial charge < -0.3 is 0 Å². The van der Waals surface area contributed by atoms with Crippen LogP contribution < -0.4 is 21.2 Å². The highest BCUT2D eigenvalue weighted by Gasteiger charge is 2.34. The SMILES string of the molecule is CC1=CP(c2ccccc2)(c2cccc3ccccc23)=NP(c2ccccc2)(c2cccc3ccccc23)=C1. The lowest BCUT2D eigenvalue weighted by molar-refractivity contribution is 1.65. The molecule has 2 unspecified atom stereocenters. The van der Waals surface area contributed by atoms with E-state index < -0.39 is 14.1 Å². The Hall–Kier alpha value is -3.89. The summed E-state index contributed by atoms with van der Waals surface area (Å²) >= 11 is 0. The molecule has 0 fully saturated rings. The van der Waals surface area contributed by atoms with Crippen LogP contribution in [0.3, 0.4) is 0 Å². The second-order valence-electron chi connectivity index (χ2n) is 10.1. The van der Waals surface area contributed by atoms with E-state index in [-0.39, 0.29) is 0 Å². The molecule has 1 heterocycles. The second-order valence-corrected chi connectivity index (χ2v) is 16.1. The highest BCUT2D eigenvalue weighted by atomic mass is 31.2. The predicted molar refractivity (Wildman–Crippen MR) is 175 cm³/mol. The van der Waals surface area contributed by atoms with Crippen molar-refractivity contribution in [2.75, 3.05) is 0 Å². The minimum absolute atomic E-state index is 1.26. The van der Waals surface area contributed by atoms with E-state index in [9.17, 15) is 0 Å². The van der Waals surface area contributed by atoms with Gasteiger partial charge in [0.1, 0.15) is 0 Å². The molecule has 1 aliphatic heterocycles. The van der Waals surface area contributed by atoms with Crippen molar-refractivity contribution in [3.63, 3.8) is 0 Å². The van der Waals surface area contributed by atoms with E-state index in [0.717, 1.165) is 0 Å². The molecule has 0 aliphatic carbocycles. The molecule has 39 heavy (non-hydrogen) atoms. The fourth-order valence-corrected chi connectivity index (χ4v) is 15.4. The molecule has 3 heteroatoms. The van der Waals surface area contributed by atoms with Gasteiger partial charge in [0, 0.05) is 10.6 Å². The maximum Gasteiger partial charge on any atom is 0.0539 e. The van der Waals surface area contributed by atoms with Gasteiger partial charge in [0.25, 0.3) is 0 Å². The molecule has 188 valence electrons. The first kappa shape index (κ1) is 24.2. The molecule has 0 radical (unpaired) electrons. The van der Waals surface area contributed by atoms with Crippen LogP contribution in [0.2, 0.25) is 0 Å². The summed E-state index contributed by atoms with van der Waals surface area (Å²) in [4.78, 5) is 0. The van der Waals surface area contributed by atoms with E-state index in [1.54, 1.807) is 0 Å². The molecule has 7 rings (SSSR count). The second kappa shape index (κ2) is 9.69. The molecule has 0 aromatic heterocycles. The summed E-state index contributed by atoms with van der Waals surface area (Å²) in [6.45, 7) is 2.28. The maximum atomic E-state index is 6.27. The van der Waals surface area contributed by atoms with E-state index in [0.29, 0.717) is 0 Å². The zero-order valence-corrected chi connectivity index (χ0v) is 23.6. The van der Waals surface area contributed by atoms with E-state index >= 15 is 0 Å². The third kappa shape index (κ3) is 3.97. The summed E-state index contributed by atoms with van der Waals surface area (Å²) in [5.74, 6) is 4.99. The minimum Gasteiger partial charge on any atom is -0.260 e. The molecule has 1 aliphatic rings. The molecular formula is C36H29NP2. The standard InChI is InChI=1S/C36H29NP2/c1-28-26-38(31-18-4-2-5-19-31,35-24-12-16-29-14-8-10-22-33(29)35)37-39(27-28,32-20-6-3-7-21-32)36-25-13-17-30-15-9-11-23-34(30)36/h2-27H,1H3. The van der Waals surface area contributed by atoms with Crippen LogP contribution in [0.1, 0.15) is 6.92 Å². The number of rotatable bonds is 4. The predicted octanol–water partition coefficient (Wildman–Crippen LogP) is 8.45. The zero-order chi connectivity index (χ0) is 26.3. The van der Waals surface area contributed by atoms with E-state index in [4.69, 9.17) is 4.52 Å². The molecule has 2 atom stereocenters. The summed E-state index contributed by atoms with van der Waals surface area (Å²) in [6.07, 6.45) is 0. The van der Waals surface area contributed by atoms with Crippen molar-refractivity contribution >= 4 is 62.7 Å². The summed E-state index contributed by atoms with van der Waals surface area (Å²) in [5, 5.41) is 10.4. The average molecular weight is 538 g/mol. The van der Waals surface area contributed by atoms with Crippen LogP contribution in [0.15, 0.2) is 161 Å². The molecule has 0 amide bonds. The van der Waals surface area contributed by atoms with Gasteiger partial charge in [-0.05, 0) is 56.3 Å². The summed E-state index contributed by atoms with van der Waals surface area (Å²) in [5.41, 5.74) is 1.31. The van der Waals surface area contributed by atoms with Gasteiger partial charge in [-0.15, -0.1) is 0 Å². The molecular weight excluding hydrogens is 508 g/mol. The van der Waals surface area contributed by atoms with Crippen molar-refractivity contribution in [2.24, 2.45) is 4.52 Å². The Kier molecular flexibility index (Phi) is 6.01. The molecule has 0 spiro atoms. The first-order valence-electron chi connectivity index (χ1n) is 13.4.